The maximum Gasteiger partial charge on any atom is 0.237 e. The lowest BCUT2D eigenvalue weighted by Gasteiger charge is -2.05. The molecule has 2 heterocycles. The molecule has 0 aliphatic heterocycles. The SMILES string of the molecule is Cc1ccc(-c2ccc(SCc3nc(-c4ccc(Br)cc4)no3)nn2)cc1C. The van der Waals surface area contributed by atoms with Gasteiger partial charge in [-0.1, -0.05) is 45.0 Å². The van der Waals surface area contributed by atoms with Gasteiger partial charge in [-0.15, -0.1) is 10.2 Å². The zero-order valence-electron chi connectivity index (χ0n) is 15.4. The van der Waals surface area contributed by atoms with Crippen LogP contribution in [0, 0.1) is 13.8 Å². The predicted octanol–water partition coefficient (Wildman–Crippen LogP) is 5.87. The van der Waals surface area contributed by atoms with Gasteiger partial charge in [0.25, 0.3) is 0 Å². The van der Waals surface area contributed by atoms with Crippen molar-refractivity contribution in [2.45, 2.75) is 24.6 Å². The average molecular weight is 453 g/mol. The predicted molar refractivity (Wildman–Crippen MR) is 114 cm³/mol. The van der Waals surface area contributed by atoms with Gasteiger partial charge in [0.05, 0.1) is 11.4 Å². The highest BCUT2D eigenvalue weighted by molar-refractivity contribution is 9.10. The lowest BCUT2D eigenvalue weighted by Crippen LogP contribution is -1.91. The Balaban J connectivity index is 1.41. The van der Waals surface area contributed by atoms with Gasteiger partial charge >= 0.3 is 0 Å². The number of aromatic nitrogens is 4. The first-order valence-electron chi connectivity index (χ1n) is 8.71. The molecule has 0 spiro atoms. The summed E-state index contributed by atoms with van der Waals surface area (Å²) in [6.07, 6.45) is 0. The zero-order chi connectivity index (χ0) is 19.5. The van der Waals surface area contributed by atoms with Crippen molar-refractivity contribution >= 4 is 27.7 Å². The summed E-state index contributed by atoms with van der Waals surface area (Å²) in [6.45, 7) is 4.20. The van der Waals surface area contributed by atoms with Crippen molar-refractivity contribution in [1.29, 1.82) is 0 Å². The molecule has 5 nitrogen and oxygen atoms in total. The normalized spacial score (nSPS) is 11.0. The maximum absolute atomic E-state index is 5.35. The highest BCUT2D eigenvalue weighted by Gasteiger charge is 2.10. The van der Waals surface area contributed by atoms with E-state index in [2.05, 4.69) is 68.3 Å². The smallest absolute Gasteiger partial charge is 0.237 e. The van der Waals surface area contributed by atoms with Gasteiger partial charge in [-0.3, -0.25) is 0 Å². The summed E-state index contributed by atoms with van der Waals surface area (Å²) >= 11 is 4.94. The Hall–Kier alpha value is -2.51. The van der Waals surface area contributed by atoms with Crippen molar-refractivity contribution in [3.05, 3.63) is 76.1 Å². The van der Waals surface area contributed by atoms with Crippen LogP contribution < -0.4 is 0 Å². The quantitative estimate of drug-likeness (QED) is 0.353. The third-order valence-corrected chi connectivity index (χ3v) is 5.79. The fourth-order valence-electron chi connectivity index (χ4n) is 2.62. The Morgan fingerprint density at radius 2 is 1.68 bits per heavy atom. The van der Waals surface area contributed by atoms with Crippen LogP contribution in [0.2, 0.25) is 0 Å². The molecule has 2 aromatic heterocycles. The number of thioether (sulfide) groups is 1. The van der Waals surface area contributed by atoms with Crippen molar-refractivity contribution in [1.82, 2.24) is 20.3 Å². The monoisotopic (exact) mass is 452 g/mol. The number of hydrogen-bond donors (Lipinski definition) is 0. The van der Waals surface area contributed by atoms with E-state index in [0.717, 1.165) is 26.3 Å². The fraction of sp³-hybridized carbons (Fsp3) is 0.143. The minimum absolute atomic E-state index is 0.543. The van der Waals surface area contributed by atoms with Crippen LogP contribution in [0.4, 0.5) is 0 Å². The molecule has 0 saturated heterocycles. The molecular formula is C21H17BrN4OS. The van der Waals surface area contributed by atoms with E-state index in [1.54, 1.807) is 0 Å². The van der Waals surface area contributed by atoms with Crippen molar-refractivity contribution in [2.24, 2.45) is 0 Å². The molecule has 0 N–H and O–H groups in total. The van der Waals surface area contributed by atoms with E-state index in [0.29, 0.717) is 17.5 Å². The molecule has 0 atom stereocenters. The van der Waals surface area contributed by atoms with Crippen LogP contribution >= 0.6 is 27.7 Å². The maximum atomic E-state index is 5.35. The van der Waals surface area contributed by atoms with Gasteiger partial charge in [-0.2, -0.15) is 4.98 Å². The molecule has 7 heteroatoms. The molecule has 28 heavy (non-hydrogen) atoms. The number of aryl methyl sites for hydroxylation is 2. The summed E-state index contributed by atoms with van der Waals surface area (Å²) in [5.74, 6) is 1.68. The van der Waals surface area contributed by atoms with E-state index in [9.17, 15) is 0 Å². The first-order chi connectivity index (χ1) is 13.6. The van der Waals surface area contributed by atoms with Crippen molar-refractivity contribution in [3.8, 4) is 22.6 Å². The topological polar surface area (TPSA) is 64.7 Å². The van der Waals surface area contributed by atoms with Crippen LogP contribution in [0.25, 0.3) is 22.6 Å². The van der Waals surface area contributed by atoms with Crippen LogP contribution in [0.1, 0.15) is 17.0 Å². The first kappa shape index (κ1) is 18.8. The van der Waals surface area contributed by atoms with Crippen LogP contribution in [0.3, 0.4) is 0 Å². The van der Waals surface area contributed by atoms with Crippen molar-refractivity contribution in [3.63, 3.8) is 0 Å². The average Bonchev–Trinajstić information content (AvgIpc) is 3.18. The molecule has 0 amide bonds. The highest BCUT2D eigenvalue weighted by Crippen LogP contribution is 2.25. The summed E-state index contributed by atoms with van der Waals surface area (Å²) in [5, 5.41) is 13.5. The van der Waals surface area contributed by atoms with E-state index in [1.165, 1.54) is 22.9 Å². The summed E-state index contributed by atoms with van der Waals surface area (Å²) in [4.78, 5) is 4.45. The highest BCUT2D eigenvalue weighted by atomic mass is 79.9. The Morgan fingerprint density at radius 3 is 2.39 bits per heavy atom. The second-order valence-electron chi connectivity index (χ2n) is 6.36. The van der Waals surface area contributed by atoms with Crippen molar-refractivity contribution < 1.29 is 4.52 Å². The molecule has 2 aromatic carbocycles. The second kappa shape index (κ2) is 8.24. The molecule has 0 aliphatic rings. The largest absolute Gasteiger partial charge is 0.338 e. The molecule has 0 unspecified atom stereocenters. The summed E-state index contributed by atoms with van der Waals surface area (Å²) in [5.41, 5.74) is 5.37. The van der Waals surface area contributed by atoms with E-state index >= 15 is 0 Å². The molecule has 0 fully saturated rings. The number of rotatable bonds is 5. The van der Waals surface area contributed by atoms with Crippen LogP contribution in [-0.4, -0.2) is 20.3 Å². The minimum Gasteiger partial charge on any atom is -0.338 e. The lowest BCUT2D eigenvalue weighted by atomic mass is 10.0. The Bertz CT molecular complexity index is 1090. The third-order valence-electron chi connectivity index (χ3n) is 4.36. The third kappa shape index (κ3) is 4.31. The van der Waals surface area contributed by atoms with Gasteiger partial charge in [-0.05, 0) is 67.4 Å². The number of nitrogens with zero attached hydrogens (tertiary/aromatic N) is 4. The van der Waals surface area contributed by atoms with E-state index < -0.39 is 0 Å². The standard InChI is InChI=1S/C21H17BrN4OS/c1-13-3-4-16(11-14(13)2)18-9-10-20(25-24-18)28-12-19-23-21(26-27-19)15-5-7-17(22)8-6-15/h3-11H,12H2,1-2H3. The van der Waals surface area contributed by atoms with Crippen LogP contribution in [-0.2, 0) is 5.75 Å². The van der Waals surface area contributed by atoms with Crippen molar-refractivity contribution in [2.75, 3.05) is 0 Å². The summed E-state index contributed by atoms with van der Waals surface area (Å²) < 4.78 is 6.36. The van der Waals surface area contributed by atoms with Gasteiger partial charge in [0, 0.05) is 15.6 Å². The number of benzene rings is 2. The molecule has 0 radical (unpaired) electrons. The molecule has 4 aromatic rings. The van der Waals surface area contributed by atoms with Gasteiger partial charge in [0.1, 0.15) is 5.03 Å². The molecular weight excluding hydrogens is 436 g/mol. The van der Waals surface area contributed by atoms with E-state index in [-0.39, 0.29) is 0 Å². The van der Waals surface area contributed by atoms with E-state index in [4.69, 9.17) is 4.52 Å². The van der Waals surface area contributed by atoms with Gasteiger partial charge in [0.15, 0.2) is 0 Å². The molecule has 140 valence electrons. The van der Waals surface area contributed by atoms with E-state index in [1.807, 2.05) is 36.4 Å². The van der Waals surface area contributed by atoms with Gasteiger partial charge in [0.2, 0.25) is 11.7 Å². The zero-order valence-corrected chi connectivity index (χ0v) is 17.8. The van der Waals surface area contributed by atoms with Crippen LogP contribution in [0.5, 0.6) is 0 Å². The second-order valence-corrected chi connectivity index (χ2v) is 8.27. The lowest BCUT2D eigenvalue weighted by molar-refractivity contribution is 0.391. The molecule has 0 bridgehead atoms. The molecule has 0 aliphatic carbocycles. The molecule has 4 rings (SSSR count). The summed E-state index contributed by atoms with van der Waals surface area (Å²) in [6, 6.07) is 18.1. The minimum atomic E-state index is 0.543. The first-order valence-corrected chi connectivity index (χ1v) is 10.5. The summed E-state index contributed by atoms with van der Waals surface area (Å²) in [7, 11) is 0. The Morgan fingerprint density at radius 1 is 0.893 bits per heavy atom. The Labute approximate surface area is 175 Å². The number of hydrogen-bond acceptors (Lipinski definition) is 6. The molecule has 0 saturated carbocycles. The fourth-order valence-corrected chi connectivity index (χ4v) is 3.53. The van der Waals surface area contributed by atoms with Gasteiger partial charge < -0.3 is 4.52 Å². The Kier molecular flexibility index (Phi) is 5.54. The van der Waals surface area contributed by atoms with Gasteiger partial charge in [-0.25, -0.2) is 0 Å². The number of halogens is 1. The van der Waals surface area contributed by atoms with Crippen LogP contribution in [0.15, 0.2) is 68.6 Å².